The van der Waals surface area contributed by atoms with E-state index >= 15 is 0 Å². The Morgan fingerprint density at radius 2 is 1.73 bits per heavy atom. The number of carbonyl (C=O) groups excluding carboxylic acids is 2. The number of nitrogens with one attached hydrogen (secondary N) is 1. The molecule has 2 amide bonds. The maximum atomic E-state index is 13.2. The molecule has 5 heterocycles. The number of rotatable bonds is 5. The van der Waals surface area contributed by atoms with Crippen LogP contribution in [0.1, 0.15) is 23.2 Å². The third-order valence-electron chi connectivity index (χ3n) is 7.18. The Kier molecular flexibility index (Phi) is 6.05. The lowest BCUT2D eigenvalue weighted by Crippen LogP contribution is -2.44. The number of likely N-dealkylation sites (N-methyl/N-ethyl adjacent to an activating group) is 1. The molecule has 0 bridgehead atoms. The molecule has 2 saturated heterocycles. The van der Waals surface area contributed by atoms with Crippen molar-refractivity contribution in [2.75, 3.05) is 54.9 Å². The van der Waals surface area contributed by atoms with Crippen molar-refractivity contribution in [3.8, 4) is 11.1 Å². The molecule has 2 fully saturated rings. The molecular weight excluding hydrogens is 466 g/mol. The van der Waals surface area contributed by atoms with Gasteiger partial charge in [-0.2, -0.15) is 5.10 Å². The third kappa shape index (κ3) is 4.65. The van der Waals surface area contributed by atoms with Gasteiger partial charge in [0, 0.05) is 62.9 Å². The number of pyridine rings is 2. The van der Waals surface area contributed by atoms with Crippen molar-refractivity contribution in [3.63, 3.8) is 0 Å². The van der Waals surface area contributed by atoms with Gasteiger partial charge in [-0.1, -0.05) is 0 Å². The minimum absolute atomic E-state index is 0.142. The van der Waals surface area contributed by atoms with Crippen LogP contribution in [0, 0.1) is 0 Å². The fraction of sp³-hybridized carbons (Fsp3) is 0.286. The Labute approximate surface area is 215 Å². The number of fused-ring (bicyclic) bond motifs is 1. The van der Waals surface area contributed by atoms with Crippen molar-refractivity contribution in [1.29, 1.82) is 0 Å². The van der Waals surface area contributed by atoms with Crippen LogP contribution >= 0.6 is 0 Å². The lowest BCUT2D eigenvalue weighted by Gasteiger charge is -2.33. The van der Waals surface area contributed by atoms with Gasteiger partial charge in [-0.25, -0.2) is 9.50 Å². The van der Waals surface area contributed by atoms with Crippen molar-refractivity contribution < 1.29 is 9.59 Å². The van der Waals surface area contributed by atoms with Crippen molar-refractivity contribution in [2.45, 2.75) is 12.8 Å². The van der Waals surface area contributed by atoms with Gasteiger partial charge in [0.25, 0.3) is 5.91 Å². The summed E-state index contributed by atoms with van der Waals surface area (Å²) in [6.45, 7) is 4.68. The Bertz CT molecular complexity index is 1460. The predicted octanol–water partition coefficient (Wildman–Crippen LogP) is 3.53. The first kappa shape index (κ1) is 23.2. The maximum Gasteiger partial charge on any atom is 0.259 e. The monoisotopic (exact) mass is 495 g/mol. The summed E-state index contributed by atoms with van der Waals surface area (Å²) in [5.41, 5.74) is 4.79. The average molecular weight is 496 g/mol. The van der Waals surface area contributed by atoms with Crippen LogP contribution in [0.4, 0.5) is 17.2 Å². The summed E-state index contributed by atoms with van der Waals surface area (Å²) in [6, 6.07) is 15.5. The highest BCUT2D eigenvalue weighted by Crippen LogP contribution is 2.27. The summed E-state index contributed by atoms with van der Waals surface area (Å²) in [7, 11) is 2.14. The molecule has 0 aliphatic carbocycles. The summed E-state index contributed by atoms with van der Waals surface area (Å²) < 4.78 is 1.71. The normalized spacial score (nSPS) is 16.5. The van der Waals surface area contributed by atoms with E-state index in [1.165, 1.54) is 0 Å². The molecule has 188 valence electrons. The van der Waals surface area contributed by atoms with Crippen LogP contribution in [0.5, 0.6) is 0 Å². The van der Waals surface area contributed by atoms with Gasteiger partial charge in [-0.3, -0.25) is 9.59 Å². The number of hydrogen-bond donors (Lipinski definition) is 1. The molecule has 9 nitrogen and oxygen atoms in total. The number of carbonyl (C=O) groups is 2. The van der Waals surface area contributed by atoms with E-state index in [4.69, 9.17) is 0 Å². The van der Waals surface area contributed by atoms with Gasteiger partial charge in [0.2, 0.25) is 5.91 Å². The standard InChI is InChI=1S/C28H29N7O2/c1-32-13-15-33(16-14-32)26-18-20(8-10-29-26)21-9-12-35-25(17-21)24(19-30-35)28(37)31-22-4-6-23(7-5-22)34-11-2-3-27(34)36/h4-10,12,17-19H,2-3,11,13-16H2,1H3,(H,31,37). The van der Waals surface area contributed by atoms with Crippen LogP contribution in [0.2, 0.25) is 0 Å². The molecule has 0 atom stereocenters. The molecule has 9 heteroatoms. The van der Waals surface area contributed by atoms with Crippen molar-refractivity contribution in [3.05, 3.63) is 72.7 Å². The highest BCUT2D eigenvalue weighted by molar-refractivity contribution is 6.09. The Hall–Kier alpha value is -4.24. The first-order valence-electron chi connectivity index (χ1n) is 12.6. The van der Waals surface area contributed by atoms with E-state index in [1.807, 2.05) is 54.9 Å². The largest absolute Gasteiger partial charge is 0.354 e. The molecule has 1 aromatic carbocycles. The lowest BCUT2D eigenvalue weighted by atomic mass is 10.1. The minimum Gasteiger partial charge on any atom is -0.354 e. The molecule has 2 aliphatic heterocycles. The average Bonchev–Trinajstić information content (AvgIpc) is 3.55. The summed E-state index contributed by atoms with van der Waals surface area (Å²) in [4.78, 5) is 36.2. The molecule has 37 heavy (non-hydrogen) atoms. The Balaban J connectivity index is 1.22. The SMILES string of the molecule is CN1CCN(c2cc(-c3ccn4ncc(C(=O)Nc5ccc(N6CCCC6=O)cc5)c4c3)ccn2)CC1. The van der Waals surface area contributed by atoms with E-state index in [2.05, 4.69) is 38.3 Å². The molecule has 2 aliphatic rings. The summed E-state index contributed by atoms with van der Waals surface area (Å²) >= 11 is 0. The van der Waals surface area contributed by atoms with Crippen molar-refractivity contribution in [1.82, 2.24) is 19.5 Å². The summed E-state index contributed by atoms with van der Waals surface area (Å²) in [6.07, 6.45) is 6.78. The van der Waals surface area contributed by atoms with Crippen LogP contribution in [0.3, 0.4) is 0 Å². The first-order valence-corrected chi connectivity index (χ1v) is 12.6. The van der Waals surface area contributed by atoms with E-state index in [0.717, 1.165) is 67.3 Å². The molecule has 0 spiro atoms. The van der Waals surface area contributed by atoms with E-state index in [-0.39, 0.29) is 11.8 Å². The Morgan fingerprint density at radius 3 is 2.49 bits per heavy atom. The number of nitrogens with zero attached hydrogens (tertiary/aromatic N) is 6. The second kappa shape index (κ2) is 9.67. The van der Waals surface area contributed by atoms with Gasteiger partial charge in [-0.15, -0.1) is 0 Å². The minimum atomic E-state index is -0.231. The van der Waals surface area contributed by atoms with Crippen LogP contribution in [-0.2, 0) is 4.79 Å². The smallest absolute Gasteiger partial charge is 0.259 e. The molecule has 4 aromatic rings. The van der Waals surface area contributed by atoms with E-state index in [1.54, 1.807) is 15.6 Å². The fourth-order valence-electron chi connectivity index (χ4n) is 4.99. The van der Waals surface area contributed by atoms with Crippen LogP contribution in [0.25, 0.3) is 16.6 Å². The summed E-state index contributed by atoms with van der Waals surface area (Å²) in [5.74, 6) is 0.879. The summed E-state index contributed by atoms with van der Waals surface area (Å²) in [5, 5.41) is 7.34. The molecular formula is C28H29N7O2. The number of anilines is 3. The zero-order valence-corrected chi connectivity index (χ0v) is 20.8. The van der Waals surface area contributed by atoms with Crippen LogP contribution < -0.4 is 15.1 Å². The van der Waals surface area contributed by atoms with E-state index < -0.39 is 0 Å². The molecule has 1 N–H and O–H groups in total. The van der Waals surface area contributed by atoms with Crippen molar-refractivity contribution in [2.24, 2.45) is 0 Å². The highest BCUT2D eigenvalue weighted by Gasteiger charge is 2.22. The fourth-order valence-corrected chi connectivity index (χ4v) is 4.99. The maximum absolute atomic E-state index is 13.2. The van der Waals surface area contributed by atoms with Gasteiger partial charge >= 0.3 is 0 Å². The molecule has 3 aromatic heterocycles. The van der Waals surface area contributed by atoms with Gasteiger partial charge in [0.1, 0.15) is 5.82 Å². The number of benzene rings is 1. The lowest BCUT2D eigenvalue weighted by molar-refractivity contribution is -0.117. The van der Waals surface area contributed by atoms with Crippen LogP contribution in [0.15, 0.2) is 67.1 Å². The zero-order valence-electron chi connectivity index (χ0n) is 20.8. The molecule has 6 rings (SSSR count). The number of hydrogen-bond acceptors (Lipinski definition) is 6. The molecule has 0 radical (unpaired) electrons. The predicted molar refractivity (Wildman–Crippen MR) is 144 cm³/mol. The second-order valence-electron chi connectivity index (χ2n) is 9.65. The number of piperazine rings is 1. The van der Waals surface area contributed by atoms with Crippen molar-refractivity contribution >= 4 is 34.5 Å². The highest BCUT2D eigenvalue weighted by atomic mass is 16.2. The molecule has 0 saturated carbocycles. The quantitative estimate of drug-likeness (QED) is 0.456. The van der Waals surface area contributed by atoms with Gasteiger partial charge in [0.05, 0.1) is 17.3 Å². The third-order valence-corrected chi connectivity index (χ3v) is 7.18. The van der Waals surface area contributed by atoms with Gasteiger partial charge in [-0.05, 0) is 73.1 Å². The Morgan fingerprint density at radius 1 is 0.946 bits per heavy atom. The second-order valence-corrected chi connectivity index (χ2v) is 9.65. The van der Waals surface area contributed by atoms with E-state index in [9.17, 15) is 9.59 Å². The zero-order chi connectivity index (χ0) is 25.4. The topological polar surface area (TPSA) is 86.1 Å². The number of aromatic nitrogens is 3. The van der Waals surface area contributed by atoms with Gasteiger partial charge in [0.15, 0.2) is 0 Å². The van der Waals surface area contributed by atoms with Gasteiger partial charge < -0.3 is 20.0 Å². The first-order chi connectivity index (χ1) is 18.0. The van der Waals surface area contributed by atoms with E-state index in [0.29, 0.717) is 17.7 Å². The number of amides is 2. The molecule has 0 unspecified atom stereocenters. The van der Waals surface area contributed by atoms with Crippen LogP contribution in [-0.4, -0.2) is 71.1 Å².